The largest absolute Gasteiger partial charge is 0.339 e. The number of carbonyl (C=O) groups is 2. The van der Waals surface area contributed by atoms with E-state index in [9.17, 15) is 9.59 Å². The van der Waals surface area contributed by atoms with Gasteiger partial charge in [-0.15, -0.1) is 0 Å². The third kappa shape index (κ3) is 4.43. The van der Waals surface area contributed by atoms with E-state index < -0.39 is 0 Å². The van der Waals surface area contributed by atoms with E-state index in [2.05, 4.69) is 19.2 Å². The normalized spacial score (nSPS) is 26.4. The van der Waals surface area contributed by atoms with Crippen LogP contribution < -0.4 is 5.32 Å². The number of likely N-dealkylation sites (tertiary alicyclic amines) is 1. The minimum atomic E-state index is 0.122. The number of nitrogens with one attached hydrogen (secondary N) is 1. The van der Waals surface area contributed by atoms with Gasteiger partial charge in [-0.3, -0.25) is 14.5 Å². The summed E-state index contributed by atoms with van der Waals surface area (Å²) in [5.41, 5.74) is 0. The molecule has 2 aliphatic rings. The molecule has 0 radical (unpaired) electrons. The smallest absolute Gasteiger partial charge is 0.237 e. The average molecular weight is 310 g/mol. The van der Waals surface area contributed by atoms with Crippen LogP contribution in [0, 0.1) is 0 Å². The molecule has 2 amide bonds. The Balaban J connectivity index is 1.81. The molecule has 2 unspecified atom stereocenters. The van der Waals surface area contributed by atoms with Crippen LogP contribution in [0.15, 0.2) is 0 Å². The molecule has 126 valence electrons. The zero-order valence-electron chi connectivity index (χ0n) is 14.2. The van der Waals surface area contributed by atoms with Gasteiger partial charge in [0.1, 0.15) is 0 Å². The molecular weight excluding hydrogens is 280 g/mol. The van der Waals surface area contributed by atoms with Crippen molar-refractivity contribution in [3.05, 3.63) is 0 Å². The molecule has 22 heavy (non-hydrogen) atoms. The zero-order chi connectivity index (χ0) is 16.1. The molecular formula is C16H30N4O2. The van der Waals surface area contributed by atoms with E-state index in [0.29, 0.717) is 25.2 Å². The summed E-state index contributed by atoms with van der Waals surface area (Å²) in [6.45, 7) is 8.14. The van der Waals surface area contributed by atoms with Crippen molar-refractivity contribution in [1.82, 2.24) is 20.0 Å². The molecule has 0 aromatic heterocycles. The van der Waals surface area contributed by atoms with Gasteiger partial charge in [0.15, 0.2) is 0 Å². The Morgan fingerprint density at radius 3 is 2.18 bits per heavy atom. The van der Waals surface area contributed by atoms with Gasteiger partial charge in [-0.2, -0.15) is 0 Å². The van der Waals surface area contributed by atoms with Crippen LogP contribution in [0.1, 0.15) is 33.1 Å². The summed E-state index contributed by atoms with van der Waals surface area (Å²) in [6.07, 6.45) is 3.36. The van der Waals surface area contributed by atoms with Crippen molar-refractivity contribution in [3.63, 3.8) is 0 Å². The van der Waals surface area contributed by atoms with Gasteiger partial charge in [0.2, 0.25) is 11.8 Å². The number of piperazine rings is 1. The van der Waals surface area contributed by atoms with E-state index in [-0.39, 0.29) is 11.8 Å². The van der Waals surface area contributed by atoms with Gasteiger partial charge >= 0.3 is 0 Å². The molecule has 0 saturated carbocycles. The number of rotatable bonds is 4. The predicted molar refractivity (Wildman–Crippen MR) is 86.6 cm³/mol. The first-order valence-electron chi connectivity index (χ1n) is 8.47. The van der Waals surface area contributed by atoms with Crippen molar-refractivity contribution >= 4 is 11.8 Å². The van der Waals surface area contributed by atoms with E-state index in [4.69, 9.17) is 0 Å². The maximum atomic E-state index is 12.5. The molecule has 2 saturated heterocycles. The second-order valence-electron chi connectivity index (χ2n) is 6.73. The molecule has 0 bridgehead atoms. The predicted octanol–water partition coefficient (Wildman–Crippen LogP) is 0.140. The zero-order valence-corrected chi connectivity index (χ0v) is 14.2. The van der Waals surface area contributed by atoms with Crippen LogP contribution in [0.5, 0.6) is 0 Å². The molecule has 2 atom stereocenters. The monoisotopic (exact) mass is 310 g/mol. The summed E-state index contributed by atoms with van der Waals surface area (Å²) in [6, 6.07) is 0.627. The fourth-order valence-corrected chi connectivity index (χ4v) is 3.53. The highest BCUT2D eigenvalue weighted by Gasteiger charge is 2.29. The lowest BCUT2D eigenvalue weighted by Gasteiger charge is -2.40. The van der Waals surface area contributed by atoms with E-state index in [1.807, 2.05) is 21.7 Å². The molecule has 2 aliphatic heterocycles. The Hall–Kier alpha value is -1.14. The Morgan fingerprint density at radius 2 is 1.59 bits per heavy atom. The van der Waals surface area contributed by atoms with Crippen molar-refractivity contribution in [2.45, 2.75) is 45.2 Å². The van der Waals surface area contributed by atoms with Crippen LogP contribution in [0.3, 0.4) is 0 Å². The van der Waals surface area contributed by atoms with Gasteiger partial charge in [-0.1, -0.05) is 0 Å². The number of likely N-dealkylation sites (N-methyl/N-ethyl adjacent to an activating group) is 1. The third-order valence-electron chi connectivity index (χ3n) is 4.76. The van der Waals surface area contributed by atoms with Gasteiger partial charge < -0.3 is 15.1 Å². The molecule has 0 aliphatic carbocycles. The fraction of sp³-hybridized carbons (Fsp3) is 0.875. The summed E-state index contributed by atoms with van der Waals surface area (Å²) in [5, 5.41) is 3.24. The molecule has 0 aromatic rings. The topological polar surface area (TPSA) is 55.9 Å². The second kappa shape index (κ2) is 7.92. The molecule has 2 fully saturated rings. The number of carbonyl (C=O) groups excluding carboxylic acids is 2. The van der Waals surface area contributed by atoms with Gasteiger partial charge in [-0.05, 0) is 40.2 Å². The van der Waals surface area contributed by atoms with Crippen molar-refractivity contribution in [3.8, 4) is 0 Å². The van der Waals surface area contributed by atoms with Crippen molar-refractivity contribution < 1.29 is 9.59 Å². The third-order valence-corrected chi connectivity index (χ3v) is 4.76. The molecule has 1 N–H and O–H groups in total. The number of hydrogen-bond donors (Lipinski definition) is 1. The Bertz CT molecular complexity index is 386. The van der Waals surface area contributed by atoms with Crippen LogP contribution in [-0.4, -0.2) is 84.9 Å². The number of nitrogens with zero attached hydrogens (tertiary/aromatic N) is 3. The van der Waals surface area contributed by atoms with Crippen molar-refractivity contribution in [2.75, 3.05) is 46.3 Å². The van der Waals surface area contributed by atoms with Gasteiger partial charge in [0.05, 0.1) is 13.1 Å². The second-order valence-corrected chi connectivity index (χ2v) is 6.73. The Kier molecular flexibility index (Phi) is 6.20. The first-order valence-corrected chi connectivity index (χ1v) is 8.47. The first-order chi connectivity index (χ1) is 10.5. The lowest BCUT2D eigenvalue weighted by Crippen LogP contribution is -2.52. The van der Waals surface area contributed by atoms with Crippen LogP contribution in [-0.2, 0) is 9.59 Å². The Labute approximate surface area is 133 Å². The highest BCUT2D eigenvalue weighted by Crippen LogP contribution is 2.22. The van der Waals surface area contributed by atoms with Crippen LogP contribution in [0.25, 0.3) is 0 Å². The molecule has 0 spiro atoms. The van der Waals surface area contributed by atoms with E-state index in [0.717, 1.165) is 39.0 Å². The van der Waals surface area contributed by atoms with Gasteiger partial charge in [0.25, 0.3) is 0 Å². The quantitative estimate of drug-likeness (QED) is 0.802. The van der Waals surface area contributed by atoms with Crippen LogP contribution >= 0.6 is 0 Å². The van der Waals surface area contributed by atoms with Crippen LogP contribution in [0.4, 0.5) is 0 Å². The number of amides is 2. The Morgan fingerprint density at radius 1 is 1.05 bits per heavy atom. The maximum absolute atomic E-state index is 12.5. The van der Waals surface area contributed by atoms with Crippen LogP contribution in [0.2, 0.25) is 0 Å². The standard InChI is InChI=1S/C16H30N4O2/c1-13-5-4-6-14(2)20(13)16(22)12-18(3)11-15(21)19-9-7-17-8-10-19/h13-14,17H,4-12H2,1-3H3. The molecule has 2 rings (SSSR count). The minimum Gasteiger partial charge on any atom is -0.339 e. The van der Waals surface area contributed by atoms with Crippen molar-refractivity contribution in [1.29, 1.82) is 0 Å². The van der Waals surface area contributed by atoms with E-state index in [1.165, 1.54) is 6.42 Å². The lowest BCUT2D eigenvalue weighted by atomic mass is 9.97. The van der Waals surface area contributed by atoms with E-state index in [1.54, 1.807) is 0 Å². The lowest BCUT2D eigenvalue weighted by molar-refractivity contribution is -0.139. The van der Waals surface area contributed by atoms with E-state index >= 15 is 0 Å². The molecule has 0 aromatic carbocycles. The minimum absolute atomic E-state index is 0.122. The highest BCUT2D eigenvalue weighted by molar-refractivity contribution is 5.81. The highest BCUT2D eigenvalue weighted by atomic mass is 16.2. The van der Waals surface area contributed by atoms with Gasteiger partial charge in [0, 0.05) is 38.3 Å². The summed E-state index contributed by atoms with van der Waals surface area (Å²) >= 11 is 0. The first kappa shape index (κ1) is 17.2. The maximum Gasteiger partial charge on any atom is 0.237 e. The molecule has 2 heterocycles. The van der Waals surface area contributed by atoms with Crippen molar-refractivity contribution in [2.24, 2.45) is 0 Å². The summed E-state index contributed by atoms with van der Waals surface area (Å²) in [7, 11) is 1.86. The molecule has 6 nitrogen and oxygen atoms in total. The summed E-state index contributed by atoms with van der Waals surface area (Å²) < 4.78 is 0. The molecule has 6 heteroatoms. The summed E-state index contributed by atoms with van der Waals surface area (Å²) in [4.78, 5) is 30.5. The fourth-order valence-electron chi connectivity index (χ4n) is 3.53. The van der Waals surface area contributed by atoms with Gasteiger partial charge in [-0.25, -0.2) is 0 Å². The average Bonchev–Trinajstić information content (AvgIpc) is 2.47. The number of piperidine rings is 1. The SMILES string of the molecule is CC1CCCC(C)N1C(=O)CN(C)CC(=O)N1CCNCC1. The number of hydrogen-bond acceptors (Lipinski definition) is 4. The summed E-state index contributed by atoms with van der Waals surface area (Å²) in [5.74, 6) is 0.270.